The first-order chi connectivity index (χ1) is 7.93. The van der Waals surface area contributed by atoms with E-state index in [0.717, 1.165) is 23.1 Å². The van der Waals surface area contributed by atoms with Crippen molar-refractivity contribution in [3.05, 3.63) is 46.8 Å². The summed E-state index contributed by atoms with van der Waals surface area (Å²) in [7, 11) is 0. The Morgan fingerprint density at radius 1 is 1.31 bits per heavy atom. The number of fused-ring (bicyclic) bond motifs is 1. The predicted molar refractivity (Wildman–Crippen MR) is 67.7 cm³/mol. The smallest absolute Gasteiger partial charge is 0.0881 e. The minimum absolute atomic E-state index is 0.849. The van der Waals surface area contributed by atoms with Gasteiger partial charge >= 0.3 is 0 Å². The number of H-pyrrole nitrogens is 1. The van der Waals surface area contributed by atoms with E-state index < -0.39 is 0 Å². The van der Waals surface area contributed by atoms with E-state index in [1.807, 2.05) is 12.3 Å². The maximum atomic E-state index is 4.04. The van der Waals surface area contributed by atoms with Crippen LogP contribution in [0.15, 0.2) is 41.2 Å². The largest absolute Gasteiger partial charge is 0.379 e. The molecule has 0 saturated carbocycles. The van der Waals surface area contributed by atoms with E-state index in [1.54, 1.807) is 11.3 Å². The number of anilines is 1. The number of aromatic nitrogens is 2. The number of aromatic amines is 1. The lowest BCUT2D eigenvalue weighted by Crippen LogP contribution is -1.98. The van der Waals surface area contributed by atoms with Crippen LogP contribution in [0.3, 0.4) is 0 Å². The van der Waals surface area contributed by atoms with Gasteiger partial charge in [0.25, 0.3) is 0 Å². The summed E-state index contributed by atoms with van der Waals surface area (Å²) in [5.41, 5.74) is 3.47. The fraction of sp³-hybridized carbons (Fsp3) is 0.0833. The van der Waals surface area contributed by atoms with E-state index in [0.29, 0.717) is 0 Å². The quantitative estimate of drug-likeness (QED) is 0.724. The van der Waals surface area contributed by atoms with Crippen molar-refractivity contribution in [3.63, 3.8) is 0 Å². The Hall–Kier alpha value is -1.81. The Morgan fingerprint density at radius 2 is 2.31 bits per heavy atom. The number of rotatable bonds is 3. The third-order valence-electron chi connectivity index (χ3n) is 2.54. The number of thiophene rings is 1. The molecule has 3 aromatic rings. The van der Waals surface area contributed by atoms with Gasteiger partial charge in [-0.25, -0.2) is 0 Å². The molecule has 3 nitrogen and oxygen atoms in total. The molecule has 0 atom stereocenters. The van der Waals surface area contributed by atoms with E-state index in [2.05, 4.69) is 44.5 Å². The summed E-state index contributed by atoms with van der Waals surface area (Å²) in [4.78, 5) is 0. The molecular formula is C12H11N3S. The normalized spacial score (nSPS) is 10.8. The van der Waals surface area contributed by atoms with E-state index in [-0.39, 0.29) is 0 Å². The maximum Gasteiger partial charge on any atom is 0.0881 e. The molecule has 0 radical (unpaired) electrons. The van der Waals surface area contributed by atoms with Crippen molar-refractivity contribution in [1.29, 1.82) is 0 Å². The summed E-state index contributed by atoms with van der Waals surface area (Å²) < 4.78 is 0. The molecule has 80 valence electrons. The van der Waals surface area contributed by atoms with E-state index in [1.165, 1.54) is 5.56 Å². The second-order valence-corrected chi connectivity index (χ2v) is 4.40. The van der Waals surface area contributed by atoms with Crippen molar-refractivity contribution in [2.75, 3.05) is 5.32 Å². The third-order valence-corrected chi connectivity index (χ3v) is 3.27. The van der Waals surface area contributed by atoms with Gasteiger partial charge in [0.1, 0.15) is 0 Å². The highest BCUT2D eigenvalue weighted by Gasteiger charge is 2.01. The van der Waals surface area contributed by atoms with Crippen LogP contribution in [-0.2, 0) is 6.54 Å². The molecule has 3 rings (SSSR count). The van der Waals surface area contributed by atoms with Crippen LogP contribution in [0.1, 0.15) is 5.56 Å². The van der Waals surface area contributed by atoms with Gasteiger partial charge in [-0.3, -0.25) is 5.10 Å². The van der Waals surface area contributed by atoms with Gasteiger partial charge in [-0.2, -0.15) is 16.4 Å². The summed E-state index contributed by atoms with van der Waals surface area (Å²) in [6.07, 6.45) is 1.84. The van der Waals surface area contributed by atoms with Crippen LogP contribution in [0, 0.1) is 0 Å². The maximum absolute atomic E-state index is 4.04. The molecule has 0 aliphatic carbocycles. The molecule has 0 spiro atoms. The van der Waals surface area contributed by atoms with Gasteiger partial charge in [-0.1, -0.05) is 12.1 Å². The zero-order valence-corrected chi connectivity index (χ0v) is 9.42. The van der Waals surface area contributed by atoms with Crippen LogP contribution in [0.5, 0.6) is 0 Å². The lowest BCUT2D eigenvalue weighted by atomic mass is 10.2. The van der Waals surface area contributed by atoms with Gasteiger partial charge in [0, 0.05) is 11.9 Å². The molecule has 0 bridgehead atoms. The van der Waals surface area contributed by atoms with Crippen molar-refractivity contribution < 1.29 is 0 Å². The summed E-state index contributed by atoms with van der Waals surface area (Å²) in [6, 6.07) is 8.28. The van der Waals surface area contributed by atoms with Gasteiger partial charge in [0.2, 0.25) is 0 Å². The average molecular weight is 229 g/mol. The number of nitrogens with zero attached hydrogens (tertiary/aromatic N) is 1. The Kier molecular flexibility index (Phi) is 2.34. The Bertz CT molecular complexity index is 583. The highest BCUT2D eigenvalue weighted by Crippen LogP contribution is 2.21. The lowest BCUT2D eigenvalue weighted by Gasteiger charge is -2.05. The molecule has 0 saturated heterocycles. The second-order valence-electron chi connectivity index (χ2n) is 3.62. The molecule has 2 heterocycles. The van der Waals surface area contributed by atoms with E-state index in [4.69, 9.17) is 0 Å². The fourth-order valence-corrected chi connectivity index (χ4v) is 2.38. The third kappa shape index (κ3) is 1.67. The second kappa shape index (κ2) is 3.98. The molecule has 0 amide bonds. The molecule has 0 fully saturated rings. The molecule has 0 unspecified atom stereocenters. The topological polar surface area (TPSA) is 40.7 Å². The summed E-state index contributed by atoms with van der Waals surface area (Å²) >= 11 is 1.72. The Labute approximate surface area is 97.1 Å². The Balaban J connectivity index is 1.86. The van der Waals surface area contributed by atoms with Crippen LogP contribution in [0.4, 0.5) is 5.69 Å². The number of nitrogens with one attached hydrogen (secondary N) is 2. The molecule has 4 heteroatoms. The van der Waals surface area contributed by atoms with Crippen molar-refractivity contribution in [1.82, 2.24) is 10.2 Å². The van der Waals surface area contributed by atoms with Crippen LogP contribution in [0.25, 0.3) is 10.9 Å². The zero-order valence-electron chi connectivity index (χ0n) is 8.60. The molecule has 0 aliphatic heterocycles. The average Bonchev–Trinajstić information content (AvgIpc) is 2.97. The van der Waals surface area contributed by atoms with Crippen molar-refractivity contribution in [3.8, 4) is 0 Å². The highest BCUT2D eigenvalue weighted by molar-refractivity contribution is 7.07. The standard InChI is InChI=1S/C12H11N3S/c1-2-10-7-14-15-12(10)11(3-1)13-6-9-4-5-16-8-9/h1-5,7-8,13H,6H2,(H,14,15). The highest BCUT2D eigenvalue weighted by atomic mass is 32.1. The number of hydrogen-bond donors (Lipinski definition) is 2. The molecular weight excluding hydrogens is 218 g/mol. The molecule has 16 heavy (non-hydrogen) atoms. The van der Waals surface area contributed by atoms with Crippen molar-refractivity contribution >= 4 is 27.9 Å². The van der Waals surface area contributed by atoms with Crippen LogP contribution in [0.2, 0.25) is 0 Å². The molecule has 2 aromatic heterocycles. The monoisotopic (exact) mass is 229 g/mol. The van der Waals surface area contributed by atoms with Crippen LogP contribution < -0.4 is 5.32 Å². The molecule has 1 aromatic carbocycles. The SMILES string of the molecule is c1cc(NCc2ccsc2)c2[nH]ncc2c1. The summed E-state index contributed by atoms with van der Waals surface area (Å²) in [5.74, 6) is 0. The van der Waals surface area contributed by atoms with Crippen LogP contribution >= 0.6 is 11.3 Å². The number of para-hydroxylation sites is 1. The first-order valence-corrected chi connectivity index (χ1v) is 6.05. The van der Waals surface area contributed by atoms with E-state index >= 15 is 0 Å². The van der Waals surface area contributed by atoms with Crippen molar-refractivity contribution in [2.24, 2.45) is 0 Å². The van der Waals surface area contributed by atoms with Gasteiger partial charge in [-0.05, 0) is 28.5 Å². The lowest BCUT2D eigenvalue weighted by molar-refractivity contribution is 1.11. The zero-order chi connectivity index (χ0) is 10.8. The van der Waals surface area contributed by atoms with Gasteiger partial charge in [0.05, 0.1) is 17.4 Å². The van der Waals surface area contributed by atoms with Gasteiger partial charge < -0.3 is 5.32 Å². The van der Waals surface area contributed by atoms with Gasteiger partial charge in [0.15, 0.2) is 0 Å². The van der Waals surface area contributed by atoms with Crippen molar-refractivity contribution in [2.45, 2.75) is 6.54 Å². The summed E-state index contributed by atoms with van der Waals surface area (Å²) in [6.45, 7) is 0.849. The van der Waals surface area contributed by atoms with E-state index in [9.17, 15) is 0 Å². The molecule has 2 N–H and O–H groups in total. The first kappa shape index (κ1) is 9.42. The predicted octanol–water partition coefficient (Wildman–Crippen LogP) is 3.24. The number of hydrogen-bond acceptors (Lipinski definition) is 3. The number of benzene rings is 1. The fourth-order valence-electron chi connectivity index (χ4n) is 1.71. The minimum atomic E-state index is 0.849. The first-order valence-electron chi connectivity index (χ1n) is 5.10. The van der Waals surface area contributed by atoms with Gasteiger partial charge in [-0.15, -0.1) is 0 Å². The molecule has 0 aliphatic rings. The Morgan fingerprint density at radius 3 is 3.19 bits per heavy atom. The summed E-state index contributed by atoms with van der Waals surface area (Å²) in [5, 5.41) is 15.8. The minimum Gasteiger partial charge on any atom is -0.379 e. The van der Waals surface area contributed by atoms with Crippen LogP contribution in [-0.4, -0.2) is 10.2 Å².